The molecule has 23 heavy (non-hydrogen) atoms. The lowest BCUT2D eigenvalue weighted by Crippen LogP contribution is -2.29. The van der Waals surface area contributed by atoms with Gasteiger partial charge in [0.15, 0.2) is 12.4 Å². The summed E-state index contributed by atoms with van der Waals surface area (Å²) in [6, 6.07) is 6.59. The number of amides is 2. The Morgan fingerprint density at radius 1 is 1.17 bits per heavy atom. The van der Waals surface area contributed by atoms with E-state index in [9.17, 15) is 14.4 Å². The lowest BCUT2D eigenvalue weighted by atomic mass is 10.1. The first-order valence-electron chi connectivity index (χ1n) is 6.97. The number of nitrogens with zero attached hydrogens (tertiary/aromatic N) is 5. The van der Waals surface area contributed by atoms with Gasteiger partial charge < -0.3 is 4.74 Å². The van der Waals surface area contributed by atoms with Crippen LogP contribution in [0.15, 0.2) is 24.3 Å². The maximum absolute atomic E-state index is 12.2. The fourth-order valence-electron chi connectivity index (χ4n) is 2.25. The van der Waals surface area contributed by atoms with Crippen molar-refractivity contribution in [2.75, 3.05) is 6.61 Å². The fraction of sp³-hybridized carbons (Fsp3) is 0.286. The summed E-state index contributed by atoms with van der Waals surface area (Å²) in [6.45, 7) is 1.67. The predicted molar refractivity (Wildman–Crippen MR) is 75.1 cm³/mol. The molecule has 1 aromatic heterocycles. The second kappa shape index (κ2) is 5.95. The number of aromatic nitrogens is 4. The number of hydrogen-bond acceptors (Lipinski definition) is 7. The maximum atomic E-state index is 12.2. The Morgan fingerprint density at radius 3 is 2.43 bits per heavy atom. The Bertz CT molecular complexity index is 750. The SMILES string of the molecule is CCOC(=O)Cn1nnc(CN2C(=O)c3ccccc3C2=O)n1. The molecule has 2 heterocycles. The van der Waals surface area contributed by atoms with E-state index >= 15 is 0 Å². The van der Waals surface area contributed by atoms with E-state index in [4.69, 9.17) is 4.74 Å². The van der Waals surface area contributed by atoms with Gasteiger partial charge in [-0.1, -0.05) is 12.1 Å². The van der Waals surface area contributed by atoms with Crippen LogP contribution >= 0.6 is 0 Å². The van der Waals surface area contributed by atoms with Gasteiger partial charge in [-0.25, -0.2) is 4.79 Å². The third kappa shape index (κ3) is 2.80. The Labute approximate surface area is 130 Å². The maximum Gasteiger partial charge on any atom is 0.329 e. The van der Waals surface area contributed by atoms with Crippen molar-refractivity contribution in [1.29, 1.82) is 0 Å². The molecular formula is C14H13N5O4. The number of fused-ring (bicyclic) bond motifs is 1. The van der Waals surface area contributed by atoms with Crippen molar-refractivity contribution in [3.05, 3.63) is 41.2 Å². The Morgan fingerprint density at radius 2 is 1.83 bits per heavy atom. The van der Waals surface area contributed by atoms with Crippen LogP contribution in [0.4, 0.5) is 0 Å². The second-order valence-electron chi connectivity index (χ2n) is 4.78. The van der Waals surface area contributed by atoms with Crippen LogP contribution in [0, 0.1) is 0 Å². The van der Waals surface area contributed by atoms with E-state index in [-0.39, 0.29) is 25.5 Å². The summed E-state index contributed by atoms with van der Waals surface area (Å²) < 4.78 is 4.78. The summed E-state index contributed by atoms with van der Waals surface area (Å²) in [5, 5.41) is 11.4. The van der Waals surface area contributed by atoms with E-state index in [0.29, 0.717) is 11.1 Å². The molecular weight excluding hydrogens is 302 g/mol. The van der Waals surface area contributed by atoms with Crippen molar-refractivity contribution >= 4 is 17.8 Å². The van der Waals surface area contributed by atoms with E-state index in [0.717, 1.165) is 9.70 Å². The summed E-state index contributed by atoms with van der Waals surface area (Å²) in [5.74, 6) is -1.11. The molecule has 0 aliphatic carbocycles. The topological polar surface area (TPSA) is 107 Å². The number of hydrogen-bond donors (Lipinski definition) is 0. The monoisotopic (exact) mass is 315 g/mol. The molecule has 0 N–H and O–H groups in total. The molecule has 3 rings (SSSR count). The summed E-state index contributed by atoms with van der Waals surface area (Å²) >= 11 is 0. The normalized spacial score (nSPS) is 13.3. The predicted octanol–water partition coefficient (Wildman–Crippen LogP) is 0.0324. The molecule has 0 atom stereocenters. The molecule has 2 aromatic rings. The van der Waals surface area contributed by atoms with Crippen molar-refractivity contribution in [3.63, 3.8) is 0 Å². The largest absolute Gasteiger partial charge is 0.465 e. The molecule has 9 heteroatoms. The molecule has 0 bridgehead atoms. The molecule has 118 valence electrons. The van der Waals surface area contributed by atoms with Crippen LogP contribution in [0.5, 0.6) is 0 Å². The average molecular weight is 315 g/mol. The van der Waals surface area contributed by atoms with E-state index < -0.39 is 17.8 Å². The fourth-order valence-corrected chi connectivity index (χ4v) is 2.25. The van der Waals surface area contributed by atoms with Crippen LogP contribution < -0.4 is 0 Å². The van der Waals surface area contributed by atoms with Gasteiger partial charge in [0.05, 0.1) is 24.3 Å². The van der Waals surface area contributed by atoms with Crippen LogP contribution in [0.25, 0.3) is 0 Å². The molecule has 9 nitrogen and oxygen atoms in total. The van der Waals surface area contributed by atoms with Crippen LogP contribution in [0.2, 0.25) is 0 Å². The molecule has 0 saturated heterocycles. The third-order valence-corrected chi connectivity index (χ3v) is 3.25. The van der Waals surface area contributed by atoms with Gasteiger partial charge in [0, 0.05) is 0 Å². The summed E-state index contributed by atoms with van der Waals surface area (Å²) in [6.07, 6.45) is 0. The molecule has 2 amide bonds. The minimum atomic E-state index is -0.489. The van der Waals surface area contributed by atoms with Gasteiger partial charge in [0.1, 0.15) is 0 Å². The first kappa shape index (κ1) is 14.8. The van der Waals surface area contributed by atoms with Gasteiger partial charge in [0.25, 0.3) is 11.8 Å². The molecule has 0 unspecified atom stereocenters. The number of carbonyl (C=O) groups is 3. The van der Waals surface area contributed by atoms with Gasteiger partial charge in [-0.2, -0.15) is 4.80 Å². The summed E-state index contributed by atoms with van der Waals surface area (Å²) in [5.41, 5.74) is 0.716. The number of benzene rings is 1. The lowest BCUT2D eigenvalue weighted by Gasteiger charge is -2.10. The number of esters is 1. The molecule has 0 saturated carbocycles. The molecule has 1 aliphatic rings. The number of ether oxygens (including phenoxy) is 1. The zero-order valence-electron chi connectivity index (χ0n) is 12.3. The lowest BCUT2D eigenvalue weighted by molar-refractivity contribution is -0.144. The highest BCUT2D eigenvalue weighted by Gasteiger charge is 2.35. The van der Waals surface area contributed by atoms with Crippen molar-refractivity contribution in [2.45, 2.75) is 20.0 Å². The second-order valence-corrected chi connectivity index (χ2v) is 4.78. The summed E-state index contributed by atoms with van der Waals surface area (Å²) in [7, 11) is 0. The number of rotatable bonds is 5. The third-order valence-electron chi connectivity index (χ3n) is 3.25. The van der Waals surface area contributed by atoms with Crippen LogP contribution in [0.1, 0.15) is 33.5 Å². The molecule has 1 aliphatic heterocycles. The van der Waals surface area contributed by atoms with Gasteiger partial charge >= 0.3 is 5.97 Å². The minimum absolute atomic E-state index is 0.102. The van der Waals surface area contributed by atoms with E-state index in [2.05, 4.69) is 15.4 Å². The highest BCUT2D eigenvalue weighted by Crippen LogP contribution is 2.23. The van der Waals surface area contributed by atoms with Crippen molar-refractivity contribution in [1.82, 2.24) is 25.1 Å². The first-order valence-corrected chi connectivity index (χ1v) is 6.97. The Kier molecular flexibility index (Phi) is 3.83. The number of imide groups is 1. The minimum Gasteiger partial charge on any atom is -0.465 e. The zero-order chi connectivity index (χ0) is 16.4. The van der Waals surface area contributed by atoms with Crippen LogP contribution in [0.3, 0.4) is 0 Å². The zero-order valence-corrected chi connectivity index (χ0v) is 12.3. The van der Waals surface area contributed by atoms with Gasteiger partial charge in [0.2, 0.25) is 0 Å². The van der Waals surface area contributed by atoms with Crippen LogP contribution in [-0.4, -0.2) is 49.5 Å². The molecule has 0 spiro atoms. The molecule has 0 radical (unpaired) electrons. The smallest absolute Gasteiger partial charge is 0.329 e. The highest BCUT2D eigenvalue weighted by atomic mass is 16.5. The van der Waals surface area contributed by atoms with Crippen LogP contribution in [-0.2, 0) is 22.6 Å². The molecule has 1 aromatic carbocycles. The van der Waals surface area contributed by atoms with Crippen molar-refractivity contribution in [3.8, 4) is 0 Å². The first-order chi connectivity index (χ1) is 11.1. The van der Waals surface area contributed by atoms with Crippen molar-refractivity contribution in [2.24, 2.45) is 0 Å². The van der Waals surface area contributed by atoms with E-state index in [1.54, 1.807) is 31.2 Å². The average Bonchev–Trinajstić information content (AvgIpc) is 3.07. The van der Waals surface area contributed by atoms with E-state index in [1.165, 1.54) is 0 Å². The number of carbonyl (C=O) groups excluding carboxylic acids is 3. The number of tetrazole rings is 1. The Balaban J connectivity index is 1.72. The van der Waals surface area contributed by atoms with Gasteiger partial charge in [-0.05, 0) is 24.3 Å². The highest BCUT2D eigenvalue weighted by molar-refractivity contribution is 6.21. The van der Waals surface area contributed by atoms with E-state index in [1.807, 2.05) is 0 Å². The van der Waals surface area contributed by atoms with Gasteiger partial charge in [-0.15, -0.1) is 10.2 Å². The standard InChI is InChI=1S/C14H13N5O4/c1-2-23-12(20)8-19-16-11(15-17-19)7-18-13(21)9-5-3-4-6-10(9)14(18)22/h3-6H,2,7-8H2,1H3. The van der Waals surface area contributed by atoms with Crippen molar-refractivity contribution < 1.29 is 19.1 Å². The molecule has 0 fully saturated rings. The quantitative estimate of drug-likeness (QED) is 0.566. The summed E-state index contributed by atoms with van der Waals surface area (Å²) in [4.78, 5) is 37.9. The Hall–Kier alpha value is -3.10. The van der Waals surface area contributed by atoms with Gasteiger partial charge in [-0.3, -0.25) is 14.5 Å².